The Kier molecular flexibility index (Phi) is 4.86. The number of halogens is 1. The molecule has 1 aliphatic carbocycles. The minimum absolute atomic E-state index is 0.964. The molecule has 3 heteroatoms. The van der Waals surface area contributed by atoms with Crippen LogP contribution in [0, 0.1) is 5.92 Å². The van der Waals surface area contributed by atoms with E-state index < -0.39 is 0 Å². The summed E-state index contributed by atoms with van der Waals surface area (Å²) < 4.78 is 1.13. The summed E-state index contributed by atoms with van der Waals surface area (Å²) in [6.07, 6.45) is 4.31. The van der Waals surface area contributed by atoms with Crippen LogP contribution >= 0.6 is 15.9 Å². The molecule has 94 valence electrons. The first-order valence-electron chi connectivity index (χ1n) is 6.42. The maximum absolute atomic E-state index is 3.48. The highest BCUT2D eigenvalue weighted by atomic mass is 79.9. The Morgan fingerprint density at radius 3 is 2.88 bits per heavy atom. The SMILES string of the molecule is CN(CCNc1cccc(Br)c1)CC1CCC1. The van der Waals surface area contributed by atoms with E-state index in [0.717, 1.165) is 23.5 Å². The van der Waals surface area contributed by atoms with Gasteiger partial charge in [-0.05, 0) is 44.0 Å². The third-order valence-electron chi connectivity index (χ3n) is 3.44. The minimum Gasteiger partial charge on any atom is -0.384 e. The molecule has 1 aromatic rings. The molecule has 1 aromatic carbocycles. The smallest absolute Gasteiger partial charge is 0.0351 e. The second kappa shape index (κ2) is 6.41. The Labute approximate surface area is 113 Å². The molecular weight excluding hydrogens is 276 g/mol. The lowest BCUT2D eigenvalue weighted by Crippen LogP contribution is -2.32. The highest BCUT2D eigenvalue weighted by Gasteiger charge is 2.18. The zero-order valence-electron chi connectivity index (χ0n) is 10.5. The molecule has 1 N–H and O–H groups in total. The van der Waals surface area contributed by atoms with E-state index in [1.807, 2.05) is 6.07 Å². The van der Waals surface area contributed by atoms with Gasteiger partial charge in [0.2, 0.25) is 0 Å². The van der Waals surface area contributed by atoms with Crippen molar-refractivity contribution < 1.29 is 0 Å². The van der Waals surface area contributed by atoms with Crippen LogP contribution in [-0.4, -0.2) is 31.6 Å². The van der Waals surface area contributed by atoms with Crippen molar-refractivity contribution in [1.82, 2.24) is 4.90 Å². The van der Waals surface area contributed by atoms with E-state index in [9.17, 15) is 0 Å². The predicted molar refractivity (Wildman–Crippen MR) is 77.5 cm³/mol. The molecule has 0 saturated heterocycles. The molecule has 0 aromatic heterocycles. The van der Waals surface area contributed by atoms with Gasteiger partial charge in [0.05, 0.1) is 0 Å². The van der Waals surface area contributed by atoms with Gasteiger partial charge in [-0.3, -0.25) is 0 Å². The quantitative estimate of drug-likeness (QED) is 0.863. The Balaban J connectivity index is 1.64. The molecule has 0 spiro atoms. The first kappa shape index (κ1) is 12.9. The lowest BCUT2D eigenvalue weighted by Gasteiger charge is -2.30. The number of hydrogen-bond acceptors (Lipinski definition) is 2. The van der Waals surface area contributed by atoms with E-state index in [2.05, 4.69) is 51.4 Å². The van der Waals surface area contributed by atoms with Crippen molar-refractivity contribution in [2.75, 3.05) is 32.0 Å². The van der Waals surface area contributed by atoms with Crippen LogP contribution in [0.5, 0.6) is 0 Å². The summed E-state index contributed by atoms with van der Waals surface area (Å²) in [5.41, 5.74) is 1.19. The van der Waals surface area contributed by atoms with Crippen LogP contribution in [-0.2, 0) is 0 Å². The second-order valence-corrected chi connectivity index (χ2v) is 5.91. The van der Waals surface area contributed by atoms with Gasteiger partial charge < -0.3 is 10.2 Å². The Morgan fingerprint density at radius 2 is 2.24 bits per heavy atom. The topological polar surface area (TPSA) is 15.3 Å². The van der Waals surface area contributed by atoms with Gasteiger partial charge in [-0.25, -0.2) is 0 Å². The fourth-order valence-electron chi connectivity index (χ4n) is 2.20. The van der Waals surface area contributed by atoms with E-state index >= 15 is 0 Å². The number of rotatable bonds is 6. The normalized spacial score (nSPS) is 15.9. The molecule has 2 nitrogen and oxygen atoms in total. The number of anilines is 1. The third-order valence-corrected chi connectivity index (χ3v) is 3.94. The van der Waals surface area contributed by atoms with Gasteiger partial charge in [-0.15, -0.1) is 0 Å². The highest BCUT2D eigenvalue weighted by molar-refractivity contribution is 9.10. The van der Waals surface area contributed by atoms with Crippen molar-refractivity contribution in [2.45, 2.75) is 19.3 Å². The fourth-order valence-corrected chi connectivity index (χ4v) is 2.60. The van der Waals surface area contributed by atoms with Crippen LogP contribution in [0.15, 0.2) is 28.7 Å². The summed E-state index contributed by atoms with van der Waals surface area (Å²) >= 11 is 3.48. The predicted octanol–water partition coefficient (Wildman–Crippen LogP) is 3.59. The monoisotopic (exact) mass is 296 g/mol. The van der Waals surface area contributed by atoms with Gasteiger partial charge in [-0.2, -0.15) is 0 Å². The molecule has 0 amide bonds. The summed E-state index contributed by atoms with van der Waals surface area (Å²) in [6, 6.07) is 8.33. The third kappa shape index (κ3) is 4.32. The van der Waals surface area contributed by atoms with Gasteiger partial charge >= 0.3 is 0 Å². The molecule has 17 heavy (non-hydrogen) atoms. The van der Waals surface area contributed by atoms with Crippen LogP contribution in [0.4, 0.5) is 5.69 Å². The molecule has 0 heterocycles. The summed E-state index contributed by atoms with van der Waals surface area (Å²) in [5.74, 6) is 0.964. The maximum Gasteiger partial charge on any atom is 0.0351 e. The molecule has 0 radical (unpaired) electrons. The zero-order valence-corrected chi connectivity index (χ0v) is 12.0. The minimum atomic E-state index is 0.964. The van der Waals surface area contributed by atoms with Crippen molar-refractivity contribution in [2.24, 2.45) is 5.92 Å². The van der Waals surface area contributed by atoms with Gasteiger partial charge in [0.15, 0.2) is 0 Å². The number of nitrogens with zero attached hydrogens (tertiary/aromatic N) is 1. The first-order chi connectivity index (χ1) is 8.24. The van der Waals surface area contributed by atoms with E-state index in [4.69, 9.17) is 0 Å². The number of nitrogens with one attached hydrogen (secondary N) is 1. The number of hydrogen-bond donors (Lipinski definition) is 1. The van der Waals surface area contributed by atoms with Crippen LogP contribution in [0.3, 0.4) is 0 Å². The van der Waals surface area contributed by atoms with Gasteiger partial charge in [-0.1, -0.05) is 28.4 Å². The van der Waals surface area contributed by atoms with E-state index in [1.54, 1.807) is 0 Å². The average Bonchev–Trinajstić information content (AvgIpc) is 2.24. The van der Waals surface area contributed by atoms with Crippen LogP contribution in [0.1, 0.15) is 19.3 Å². The number of likely N-dealkylation sites (N-methyl/N-ethyl adjacent to an activating group) is 1. The largest absolute Gasteiger partial charge is 0.384 e. The van der Waals surface area contributed by atoms with E-state index in [-0.39, 0.29) is 0 Å². The van der Waals surface area contributed by atoms with Crippen molar-refractivity contribution in [3.8, 4) is 0 Å². The average molecular weight is 297 g/mol. The van der Waals surface area contributed by atoms with Crippen LogP contribution < -0.4 is 5.32 Å². The first-order valence-corrected chi connectivity index (χ1v) is 7.21. The maximum atomic E-state index is 3.48. The van der Waals surface area contributed by atoms with E-state index in [1.165, 1.54) is 31.5 Å². The lowest BCUT2D eigenvalue weighted by molar-refractivity contribution is 0.210. The van der Waals surface area contributed by atoms with Gasteiger partial charge in [0.25, 0.3) is 0 Å². The molecule has 1 aliphatic rings. The standard InChI is InChI=1S/C14H21BrN2/c1-17(11-12-4-2-5-12)9-8-16-14-7-3-6-13(15)10-14/h3,6-7,10,12,16H,2,4-5,8-9,11H2,1H3. The molecule has 0 bridgehead atoms. The van der Waals surface area contributed by atoms with Crippen LogP contribution in [0.2, 0.25) is 0 Å². The molecule has 0 unspecified atom stereocenters. The Bertz CT molecular complexity index is 350. The number of benzene rings is 1. The Hall–Kier alpha value is -0.540. The fraction of sp³-hybridized carbons (Fsp3) is 0.571. The van der Waals surface area contributed by atoms with Crippen molar-refractivity contribution >= 4 is 21.6 Å². The van der Waals surface area contributed by atoms with Crippen molar-refractivity contribution in [1.29, 1.82) is 0 Å². The molecular formula is C14H21BrN2. The second-order valence-electron chi connectivity index (χ2n) is 5.00. The molecule has 0 aliphatic heterocycles. The highest BCUT2D eigenvalue weighted by Crippen LogP contribution is 2.26. The summed E-state index contributed by atoms with van der Waals surface area (Å²) in [4.78, 5) is 2.44. The summed E-state index contributed by atoms with van der Waals surface area (Å²) in [7, 11) is 2.22. The molecule has 0 atom stereocenters. The van der Waals surface area contributed by atoms with Gasteiger partial charge in [0.1, 0.15) is 0 Å². The molecule has 2 rings (SSSR count). The zero-order chi connectivity index (χ0) is 12.1. The van der Waals surface area contributed by atoms with Crippen LogP contribution in [0.25, 0.3) is 0 Å². The Morgan fingerprint density at radius 1 is 1.41 bits per heavy atom. The van der Waals surface area contributed by atoms with Crippen molar-refractivity contribution in [3.05, 3.63) is 28.7 Å². The summed E-state index contributed by atoms with van der Waals surface area (Å²) in [6.45, 7) is 3.39. The molecule has 1 fully saturated rings. The van der Waals surface area contributed by atoms with E-state index in [0.29, 0.717) is 0 Å². The lowest BCUT2D eigenvalue weighted by atomic mass is 9.85. The van der Waals surface area contributed by atoms with Crippen molar-refractivity contribution in [3.63, 3.8) is 0 Å². The summed E-state index contributed by atoms with van der Waals surface area (Å²) in [5, 5.41) is 3.45. The van der Waals surface area contributed by atoms with Gasteiger partial charge in [0, 0.05) is 29.8 Å². The molecule has 1 saturated carbocycles.